The van der Waals surface area contributed by atoms with Crippen molar-refractivity contribution in [3.8, 4) is 0 Å². The second-order valence-electron chi connectivity index (χ2n) is 8.68. The SMILES string of the molecule is CC(=O)Nc1cccc(NC(=O)c2ccccc2N(Cc2ccc(Cl)cc2)S(=O)(=O)c2ccc(C)cc2)c1. The molecule has 0 radical (unpaired) electrons. The van der Waals surface area contributed by atoms with Gasteiger partial charge in [0.25, 0.3) is 15.9 Å². The van der Waals surface area contributed by atoms with Gasteiger partial charge in [0.05, 0.1) is 22.7 Å². The molecule has 0 atom stereocenters. The minimum atomic E-state index is -4.06. The summed E-state index contributed by atoms with van der Waals surface area (Å²) in [7, 11) is -4.06. The first-order valence-corrected chi connectivity index (χ1v) is 13.6. The largest absolute Gasteiger partial charge is 0.326 e. The van der Waals surface area contributed by atoms with E-state index in [1.807, 2.05) is 6.92 Å². The molecule has 4 aromatic rings. The number of nitrogens with one attached hydrogen (secondary N) is 2. The number of sulfonamides is 1. The van der Waals surface area contributed by atoms with Crippen LogP contribution in [0.2, 0.25) is 5.02 Å². The normalized spacial score (nSPS) is 11.0. The van der Waals surface area contributed by atoms with Gasteiger partial charge < -0.3 is 10.6 Å². The number of nitrogens with zero attached hydrogens (tertiary/aromatic N) is 1. The highest BCUT2D eigenvalue weighted by atomic mass is 35.5. The fourth-order valence-electron chi connectivity index (χ4n) is 3.85. The van der Waals surface area contributed by atoms with E-state index in [0.29, 0.717) is 22.0 Å². The monoisotopic (exact) mass is 547 g/mol. The molecule has 0 aliphatic carbocycles. The number of carbonyl (C=O) groups is 2. The minimum absolute atomic E-state index is 0.0182. The van der Waals surface area contributed by atoms with Gasteiger partial charge in [-0.25, -0.2) is 8.42 Å². The molecule has 0 bridgehead atoms. The van der Waals surface area contributed by atoms with Crippen LogP contribution in [0.3, 0.4) is 0 Å². The number of anilines is 3. The standard InChI is InChI=1S/C29H26ClN3O4S/c1-20-10-16-26(17-11-20)38(36,37)33(19-22-12-14-23(30)15-13-22)28-9-4-3-8-27(28)29(35)32-25-7-5-6-24(18-25)31-21(2)34/h3-18H,19H2,1-2H3,(H,31,34)(H,32,35). The Balaban J connectivity index is 1.75. The number of amides is 2. The highest BCUT2D eigenvalue weighted by molar-refractivity contribution is 7.92. The van der Waals surface area contributed by atoms with E-state index in [1.54, 1.807) is 97.1 Å². The van der Waals surface area contributed by atoms with Crippen molar-refractivity contribution in [2.45, 2.75) is 25.3 Å². The third kappa shape index (κ3) is 6.40. The van der Waals surface area contributed by atoms with Crippen molar-refractivity contribution in [3.05, 3.63) is 119 Å². The number of benzene rings is 4. The molecule has 194 valence electrons. The van der Waals surface area contributed by atoms with Crippen LogP contribution in [0.15, 0.2) is 102 Å². The highest BCUT2D eigenvalue weighted by Crippen LogP contribution is 2.30. The van der Waals surface area contributed by atoms with Crippen LogP contribution in [0.1, 0.15) is 28.4 Å². The first-order valence-electron chi connectivity index (χ1n) is 11.8. The molecule has 38 heavy (non-hydrogen) atoms. The summed E-state index contributed by atoms with van der Waals surface area (Å²) >= 11 is 6.04. The molecule has 2 N–H and O–H groups in total. The maximum Gasteiger partial charge on any atom is 0.264 e. The predicted molar refractivity (Wildman–Crippen MR) is 151 cm³/mol. The molecule has 0 spiro atoms. The zero-order valence-electron chi connectivity index (χ0n) is 20.8. The van der Waals surface area contributed by atoms with Gasteiger partial charge >= 0.3 is 0 Å². The summed E-state index contributed by atoms with van der Waals surface area (Å²) in [5, 5.41) is 6.01. The predicted octanol–water partition coefficient (Wildman–Crippen LogP) is 6.25. The maximum absolute atomic E-state index is 13.9. The van der Waals surface area contributed by atoms with Crippen LogP contribution in [0.5, 0.6) is 0 Å². The molecule has 4 aromatic carbocycles. The fraction of sp³-hybridized carbons (Fsp3) is 0.103. The Labute approximate surface area is 227 Å². The summed E-state index contributed by atoms with van der Waals surface area (Å²) < 4.78 is 29.1. The fourth-order valence-corrected chi connectivity index (χ4v) is 5.45. The molecule has 7 nitrogen and oxygen atoms in total. The Morgan fingerprint density at radius 2 is 1.45 bits per heavy atom. The Kier molecular flexibility index (Phi) is 8.14. The van der Waals surface area contributed by atoms with Crippen LogP contribution in [-0.2, 0) is 21.4 Å². The van der Waals surface area contributed by atoms with Gasteiger partial charge in [-0.3, -0.25) is 13.9 Å². The average molecular weight is 548 g/mol. The average Bonchev–Trinajstić information content (AvgIpc) is 2.88. The second-order valence-corrected chi connectivity index (χ2v) is 11.0. The first kappa shape index (κ1) is 26.9. The van der Waals surface area contributed by atoms with E-state index in [9.17, 15) is 18.0 Å². The van der Waals surface area contributed by atoms with Gasteiger partial charge in [0.1, 0.15) is 0 Å². The Bertz CT molecular complexity index is 1570. The van der Waals surface area contributed by atoms with Crippen LogP contribution >= 0.6 is 11.6 Å². The smallest absolute Gasteiger partial charge is 0.264 e. The van der Waals surface area contributed by atoms with Gasteiger partial charge in [0.2, 0.25) is 5.91 Å². The summed E-state index contributed by atoms with van der Waals surface area (Å²) in [5.74, 6) is -0.737. The van der Waals surface area contributed by atoms with Gasteiger partial charge in [0, 0.05) is 23.3 Å². The molecule has 0 aliphatic heterocycles. The van der Waals surface area contributed by atoms with Crippen LogP contribution in [-0.4, -0.2) is 20.2 Å². The summed E-state index contributed by atoms with van der Waals surface area (Å²) in [6.07, 6.45) is 0. The molecule has 0 aliphatic rings. The maximum atomic E-state index is 13.9. The van der Waals surface area contributed by atoms with Gasteiger partial charge in [-0.15, -0.1) is 0 Å². The van der Waals surface area contributed by atoms with Crippen LogP contribution in [0.25, 0.3) is 0 Å². The highest BCUT2D eigenvalue weighted by Gasteiger charge is 2.28. The van der Waals surface area contributed by atoms with E-state index in [4.69, 9.17) is 11.6 Å². The number of aryl methyl sites for hydroxylation is 1. The third-order valence-corrected chi connectivity index (χ3v) is 7.73. The molecule has 0 aromatic heterocycles. The Morgan fingerprint density at radius 1 is 0.816 bits per heavy atom. The Morgan fingerprint density at radius 3 is 2.11 bits per heavy atom. The second kappa shape index (κ2) is 11.5. The Hall–Kier alpha value is -4.14. The number of hydrogen-bond acceptors (Lipinski definition) is 4. The number of halogens is 1. The molecular formula is C29H26ClN3O4S. The lowest BCUT2D eigenvalue weighted by Gasteiger charge is -2.27. The van der Waals surface area contributed by atoms with E-state index in [1.165, 1.54) is 11.2 Å². The topological polar surface area (TPSA) is 95.6 Å². The van der Waals surface area contributed by atoms with Crippen molar-refractivity contribution in [2.75, 3.05) is 14.9 Å². The van der Waals surface area contributed by atoms with Crippen molar-refractivity contribution < 1.29 is 18.0 Å². The molecule has 0 unspecified atom stereocenters. The molecular weight excluding hydrogens is 522 g/mol. The van der Waals surface area contributed by atoms with Gasteiger partial charge in [0.15, 0.2) is 0 Å². The molecule has 4 rings (SSSR count). The summed E-state index contributed by atoms with van der Waals surface area (Å²) in [6.45, 7) is 3.25. The van der Waals surface area contributed by atoms with E-state index in [2.05, 4.69) is 10.6 Å². The van der Waals surface area contributed by atoms with Crippen molar-refractivity contribution in [2.24, 2.45) is 0 Å². The zero-order chi connectivity index (χ0) is 27.3. The minimum Gasteiger partial charge on any atom is -0.326 e. The lowest BCUT2D eigenvalue weighted by atomic mass is 10.1. The molecule has 0 fully saturated rings. The van der Waals surface area contributed by atoms with Crippen molar-refractivity contribution in [1.82, 2.24) is 0 Å². The van der Waals surface area contributed by atoms with E-state index in [0.717, 1.165) is 5.56 Å². The number of para-hydroxylation sites is 1. The number of hydrogen-bond donors (Lipinski definition) is 2. The van der Waals surface area contributed by atoms with E-state index < -0.39 is 15.9 Å². The van der Waals surface area contributed by atoms with E-state index >= 15 is 0 Å². The molecule has 9 heteroatoms. The van der Waals surface area contributed by atoms with Crippen LogP contribution < -0.4 is 14.9 Å². The quantitative estimate of drug-likeness (QED) is 0.272. The first-order chi connectivity index (χ1) is 18.1. The molecule has 0 saturated heterocycles. The van der Waals surface area contributed by atoms with Crippen LogP contribution in [0.4, 0.5) is 17.1 Å². The molecule has 0 saturated carbocycles. The van der Waals surface area contributed by atoms with Crippen molar-refractivity contribution in [1.29, 1.82) is 0 Å². The lowest BCUT2D eigenvalue weighted by Crippen LogP contribution is -2.32. The van der Waals surface area contributed by atoms with Gasteiger partial charge in [-0.1, -0.05) is 59.6 Å². The van der Waals surface area contributed by atoms with Crippen molar-refractivity contribution >= 4 is 50.5 Å². The summed E-state index contributed by atoms with van der Waals surface area (Å²) in [6, 6.07) is 26.7. The summed E-state index contributed by atoms with van der Waals surface area (Å²) in [5.41, 5.74) is 2.98. The van der Waals surface area contributed by atoms with Gasteiger partial charge in [-0.05, 0) is 67.1 Å². The molecule has 2 amide bonds. The number of rotatable bonds is 8. The van der Waals surface area contributed by atoms with Crippen LogP contribution in [0, 0.1) is 6.92 Å². The number of carbonyl (C=O) groups excluding carboxylic acids is 2. The summed E-state index contributed by atoms with van der Waals surface area (Å²) in [4.78, 5) is 25.0. The molecule has 0 heterocycles. The van der Waals surface area contributed by atoms with E-state index in [-0.39, 0.29) is 28.6 Å². The third-order valence-electron chi connectivity index (χ3n) is 5.71. The zero-order valence-corrected chi connectivity index (χ0v) is 22.4. The van der Waals surface area contributed by atoms with Gasteiger partial charge in [-0.2, -0.15) is 0 Å². The lowest BCUT2D eigenvalue weighted by molar-refractivity contribution is -0.114. The van der Waals surface area contributed by atoms with Crippen molar-refractivity contribution in [3.63, 3.8) is 0 Å².